The number of hydrogen-bond donors (Lipinski definition) is 0. The van der Waals surface area contributed by atoms with Gasteiger partial charge in [0.05, 0.1) is 20.8 Å². The highest BCUT2D eigenvalue weighted by Crippen LogP contribution is 2.58. The molecule has 1 aromatic rings. The van der Waals surface area contributed by atoms with Gasteiger partial charge in [0.1, 0.15) is 5.60 Å². The van der Waals surface area contributed by atoms with Gasteiger partial charge < -0.3 is 18.9 Å². The summed E-state index contributed by atoms with van der Waals surface area (Å²) in [5, 5.41) is 0. The molecular weight excluding hydrogens is 272 g/mol. The molecule has 0 bridgehead atoms. The van der Waals surface area contributed by atoms with E-state index >= 15 is 0 Å². The quantitative estimate of drug-likeness (QED) is 0.596. The molecule has 0 saturated carbocycles. The van der Waals surface area contributed by atoms with E-state index in [1.807, 2.05) is 32.0 Å². The van der Waals surface area contributed by atoms with Gasteiger partial charge in [-0.25, -0.2) is 4.79 Å². The lowest BCUT2D eigenvalue weighted by Gasteiger charge is -2.16. The third-order valence-electron chi connectivity index (χ3n) is 4.14. The molecule has 2 rings (SSSR count). The molecule has 2 atom stereocenters. The van der Waals surface area contributed by atoms with E-state index in [4.69, 9.17) is 18.9 Å². The van der Waals surface area contributed by atoms with Crippen LogP contribution in [0.4, 0.5) is 0 Å². The topological polar surface area (TPSA) is 57.3 Å². The SMILES string of the molecule is CCOC(=O)C1(CC)OC1(C)c1ccc(OC)c(OC)c1. The van der Waals surface area contributed by atoms with Crippen LogP contribution in [-0.4, -0.2) is 32.4 Å². The van der Waals surface area contributed by atoms with E-state index in [1.54, 1.807) is 21.1 Å². The van der Waals surface area contributed by atoms with Crippen LogP contribution < -0.4 is 9.47 Å². The lowest BCUT2D eigenvalue weighted by atomic mass is 9.85. The van der Waals surface area contributed by atoms with Gasteiger partial charge in [-0.3, -0.25) is 0 Å². The molecule has 1 fully saturated rings. The molecule has 1 aliphatic heterocycles. The van der Waals surface area contributed by atoms with Crippen molar-refractivity contribution in [3.05, 3.63) is 23.8 Å². The van der Waals surface area contributed by atoms with Crippen molar-refractivity contribution < 1.29 is 23.7 Å². The van der Waals surface area contributed by atoms with Gasteiger partial charge in [0.15, 0.2) is 17.1 Å². The standard InChI is InChI=1S/C16H22O5/c1-6-16(14(17)20-7-2)15(3,21-16)11-8-9-12(18-4)13(10-11)19-5/h8-10H,6-7H2,1-5H3. The molecular formula is C16H22O5. The van der Waals surface area contributed by atoms with E-state index in [0.29, 0.717) is 24.5 Å². The smallest absolute Gasteiger partial charge is 0.341 e. The molecule has 0 aromatic heterocycles. The molecule has 1 saturated heterocycles. The second-order valence-electron chi connectivity index (χ2n) is 5.11. The Bertz CT molecular complexity index is 541. The first-order valence-electron chi connectivity index (χ1n) is 7.09. The van der Waals surface area contributed by atoms with Crippen molar-refractivity contribution in [1.29, 1.82) is 0 Å². The fraction of sp³-hybridized carbons (Fsp3) is 0.562. The van der Waals surface area contributed by atoms with E-state index < -0.39 is 11.2 Å². The van der Waals surface area contributed by atoms with E-state index in [-0.39, 0.29) is 5.97 Å². The third kappa shape index (κ3) is 2.25. The average Bonchev–Trinajstić information content (AvgIpc) is 3.15. The molecule has 1 aromatic carbocycles. The van der Waals surface area contributed by atoms with Crippen molar-refractivity contribution in [3.8, 4) is 11.5 Å². The zero-order chi connectivity index (χ0) is 15.7. The van der Waals surface area contributed by atoms with Crippen molar-refractivity contribution in [2.24, 2.45) is 0 Å². The molecule has 0 aliphatic carbocycles. The zero-order valence-electron chi connectivity index (χ0n) is 13.2. The van der Waals surface area contributed by atoms with E-state index in [9.17, 15) is 4.79 Å². The van der Waals surface area contributed by atoms with E-state index in [1.165, 1.54) is 0 Å². The maximum Gasteiger partial charge on any atom is 0.341 e. The lowest BCUT2D eigenvalue weighted by Crippen LogP contribution is -2.32. The second-order valence-corrected chi connectivity index (χ2v) is 5.11. The predicted molar refractivity (Wildman–Crippen MR) is 77.6 cm³/mol. The molecule has 0 N–H and O–H groups in total. The summed E-state index contributed by atoms with van der Waals surface area (Å²) >= 11 is 0. The van der Waals surface area contributed by atoms with Gasteiger partial charge in [-0.15, -0.1) is 0 Å². The number of carbonyl (C=O) groups is 1. The van der Waals surface area contributed by atoms with Crippen molar-refractivity contribution >= 4 is 5.97 Å². The normalized spacial score (nSPS) is 27.1. The monoisotopic (exact) mass is 294 g/mol. The Kier molecular flexibility index (Phi) is 4.14. The fourth-order valence-corrected chi connectivity index (χ4v) is 2.79. The fourth-order valence-electron chi connectivity index (χ4n) is 2.79. The summed E-state index contributed by atoms with van der Waals surface area (Å²) in [5.41, 5.74) is -0.744. The summed E-state index contributed by atoms with van der Waals surface area (Å²) < 4.78 is 21.5. The van der Waals surface area contributed by atoms with Gasteiger partial charge in [0, 0.05) is 0 Å². The van der Waals surface area contributed by atoms with Crippen LogP contribution in [-0.2, 0) is 19.9 Å². The van der Waals surface area contributed by atoms with Gasteiger partial charge in [-0.05, 0) is 38.0 Å². The van der Waals surface area contributed by atoms with Gasteiger partial charge in [-0.1, -0.05) is 13.0 Å². The molecule has 2 unspecified atom stereocenters. The number of ether oxygens (including phenoxy) is 4. The molecule has 21 heavy (non-hydrogen) atoms. The number of carbonyl (C=O) groups excluding carboxylic acids is 1. The Hall–Kier alpha value is -1.75. The Morgan fingerprint density at radius 1 is 1.19 bits per heavy atom. The second kappa shape index (κ2) is 5.56. The largest absolute Gasteiger partial charge is 0.493 e. The minimum atomic E-state index is -0.914. The van der Waals surface area contributed by atoms with Crippen LogP contribution in [0.5, 0.6) is 11.5 Å². The van der Waals surface area contributed by atoms with Crippen molar-refractivity contribution in [2.45, 2.75) is 38.4 Å². The van der Waals surface area contributed by atoms with Crippen LogP contribution in [0.3, 0.4) is 0 Å². The van der Waals surface area contributed by atoms with Crippen LogP contribution in [0, 0.1) is 0 Å². The van der Waals surface area contributed by atoms with E-state index in [2.05, 4.69) is 0 Å². The maximum absolute atomic E-state index is 12.2. The van der Waals surface area contributed by atoms with Gasteiger partial charge in [-0.2, -0.15) is 0 Å². The van der Waals surface area contributed by atoms with Crippen molar-refractivity contribution in [2.75, 3.05) is 20.8 Å². The Labute approximate surface area is 125 Å². The van der Waals surface area contributed by atoms with E-state index in [0.717, 1.165) is 5.56 Å². The van der Waals surface area contributed by atoms with Crippen molar-refractivity contribution in [1.82, 2.24) is 0 Å². The summed E-state index contributed by atoms with van der Waals surface area (Å²) in [7, 11) is 3.16. The van der Waals surface area contributed by atoms with Crippen LogP contribution in [0.15, 0.2) is 18.2 Å². The van der Waals surface area contributed by atoms with Crippen molar-refractivity contribution in [3.63, 3.8) is 0 Å². The lowest BCUT2D eigenvalue weighted by molar-refractivity contribution is -0.149. The first-order chi connectivity index (χ1) is 9.98. The number of rotatable bonds is 6. The minimum Gasteiger partial charge on any atom is -0.493 e. The Morgan fingerprint density at radius 3 is 2.38 bits per heavy atom. The Balaban J connectivity index is 2.36. The Morgan fingerprint density at radius 2 is 1.86 bits per heavy atom. The number of esters is 1. The van der Waals surface area contributed by atoms with Crippen LogP contribution in [0.1, 0.15) is 32.8 Å². The molecule has 0 radical (unpaired) electrons. The summed E-state index contributed by atoms with van der Waals surface area (Å²) in [6.45, 7) is 5.95. The number of methoxy groups -OCH3 is 2. The molecule has 1 aliphatic rings. The predicted octanol–water partition coefficient (Wildman–Crippen LogP) is 2.66. The van der Waals surface area contributed by atoms with Crippen LogP contribution in [0.25, 0.3) is 0 Å². The highest BCUT2D eigenvalue weighted by Gasteiger charge is 2.72. The summed E-state index contributed by atoms with van der Waals surface area (Å²) in [6, 6.07) is 5.54. The third-order valence-corrected chi connectivity index (χ3v) is 4.14. The molecule has 116 valence electrons. The summed E-state index contributed by atoms with van der Waals surface area (Å²) in [5.74, 6) is 0.939. The highest BCUT2D eigenvalue weighted by atomic mass is 16.7. The summed E-state index contributed by atoms with van der Waals surface area (Å²) in [6.07, 6.45) is 0.552. The maximum atomic E-state index is 12.2. The molecule has 5 heteroatoms. The average molecular weight is 294 g/mol. The molecule has 0 amide bonds. The zero-order valence-corrected chi connectivity index (χ0v) is 13.2. The highest BCUT2D eigenvalue weighted by molar-refractivity contribution is 5.85. The number of epoxide rings is 1. The first kappa shape index (κ1) is 15.6. The molecule has 0 spiro atoms. The summed E-state index contributed by atoms with van der Waals surface area (Å²) in [4.78, 5) is 12.2. The van der Waals surface area contributed by atoms with Gasteiger partial charge in [0.25, 0.3) is 0 Å². The minimum absolute atomic E-state index is 0.315. The van der Waals surface area contributed by atoms with Crippen LogP contribution in [0.2, 0.25) is 0 Å². The van der Waals surface area contributed by atoms with Gasteiger partial charge in [0.2, 0.25) is 0 Å². The number of benzene rings is 1. The molecule has 5 nitrogen and oxygen atoms in total. The number of hydrogen-bond acceptors (Lipinski definition) is 5. The van der Waals surface area contributed by atoms with Gasteiger partial charge >= 0.3 is 5.97 Å². The van der Waals surface area contributed by atoms with Crippen LogP contribution >= 0.6 is 0 Å². The molecule has 1 heterocycles. The first-order valence-corrected chi connectivity index (χ1v) is 7.09.